The maximum absolute atomic E-state index is 13.2. The number of hydrogen-bond acceptors (Lipinski definition) is 4. The smallest absolute Gasteiger partial charge is 0.272 e. The second kappa shape index (κ2) is 6.85. The Labute approximate surface area is 147 Å². The van der Waals surface area contributed by atoms with Gasteiger partial charge in [0, 0.05) is 12.6 Å². The summed E-state index contributed by atoms with van der Waals surface area (Å²) < 4.78 is 5.62. The SMILES string of the molecule is CCOc1ccsc1C(=O)N1CC(CC)Nc2cc(C)c(C)cc21. The van der Waals surface area contributed by atoms with Crippen molar-refractivity contribution >= 4 is 28.6 Å². The van der Waals surface area contributed by atoms with E-state index in [-0.39, 0.29) is 11.9 Å². The van der Waals surface area contributed by atoms with E-state index in [0.717, 1.165) is 17.8 Å². The summed E-state index contributed by atoms with van der Waals surface area (Å²) in [6, 6.07) is 6.39. The lowest BCUT2D eigenvalue weighted by molar-refractivity contribution is 0.0985. The molecule has 1 atom stereocenters. The van der Waals surface area contributed by atoms with Gasteiger partial charge >= 0.3 is 0 Å². The molecule has 0 spiro atoms. The van der Waals surface area contributed by atoms with Crippen LogP contribution < -0.4 is 15.0 Å². The fourth-order valence-electron chi connectivity index (χ4n) is 2.99. The van der Waals surface area contributed by atoms with Crippen LogP contribution in [0.3, 0.4) is 0 Å². The molecule has 2 heterocycles. The minimum Gasteiger partial charge on any atom is -0.492 e. The third-order valence-corrected chi connectivity index (χ3v) is 5.41. The number of carbonyl (C=O) groups is 1. The second-order valence-electron chi connectivity index (χ2n) is 6.17. The van der Waals surface area contributed by atoms with E-state index in [0.29, 0.717) is 23.8 Å². The average molecular weight is 344 g/mol. The molecule has 1 aliphatic rings. The summed E-state index contributed by atoms with van der Waals surface area (Å²) in [4.78, 5) is 15.8. The Kier molecular flexibility index (Phi) is 4.81. The number of amides is 1. The molecular weight excluding hydrogens is 320 g/mol. The highest BCUT2D eigenvalue weighted by Gasteiger charge is 2.30. The van der Waals surface area contributed by atoms with Gasteiger partial charge in [0.15, 0.2) is 0 Å². The zero-order chi connectivity index (χ0) is 17.3. The van der Waals surface area contributed by atoms with Crippen molar-refractivity contribution in [2.75, 3.05) is 23.4 Å². The van der Waals surface area contributed by atoms with Gasteiger partial charge in [0.05, 0.1) is 18.0 Å². The Bertz CT molecular complexity index is 754. The van der Waals surface area contributed by atoms with Crippen molar-refractivity contribution in [3.63, 3.8) is 0 Å². The van der Waals surface area contributed by atoms with Gasteiger partial charge in [0.2, 0.25) is 0 Å². The van der Waals surface area contributed by atoms with E-state index in [1.807, 2.05) is 23.3 Å². The van der Waals surface area contributed by atoms with Crippen molar-refractivity contribution in [2.45, 2.75) is 40.2 Å². The van der Waals surface area contributed by atoms with E-state index >= 15 is 0 Å². The van der Waals surface area contributed by atoms with Gasteiger partial charge in [-0.2, -0.15) is 0 Å². The number of aryl methyl sites for hydroxylation is 2. The van der Waals surface area contributed by atoms with Gasteiger partial charge in [-0.3, -0.25) is 4.79 Å². The number of fused-ring (bicyclic) bond motifs is 1. The van der Waals surface area contributed by atoms with Crippen LogP contribution in [0.2, 0.25) is 0 Å². The van der Waals surface area contributed by atoms with Crippen molar-refractivity contribution < 1.29 is 9.53 Å². The minimum atomic E-state index is 0.0258. The average Bonchev–Trinajstić information content (AvgIpc) is 3.03. The monoisotopic (exact) mass is 344 g/mol. The first-order valence-corrected chi connectivity index (χ1v) is 9.33. The molecule has 3 rings (SSSR count). The number of ether oxygens (including phenoxy) is 1. The van der Waals surface area contributed by atoms with Gasteiger partial charge in [0.1, 0.15) is 10.6 Å². The summed E-state index contributed by atoms with van der Waals surface area (Å²) in [5.41, 5.74) is 4.43. The summed E-state index contributed by atoms with van der Waals surface area (Å²) in [5.74, 6) is 0.711. The van der Waals surface area contributed by atoms with Gasteiger partial charge < -0.3 is 15.0 Å². The molecule has 0 radical (unpaired) electrons. The molecule has 4 nitrogen and oxygen atoms in total. The fraction of sp³-hybridized carbons (Fsp3) is 0.421. The van der Waals surface area contributed by atoms with Gasteiger partial charge in [-0.25, -0.2) is 0 Å². The van der Waals surface area contributed by atoms with Gasteiger partial charge in [-0.1, -0.05) is 6.92 Å². The molecule has 1 N–H and O–H groups in total. The van der Waals surface area contributed by atoms with Crippen LogP contribution in [-0.2, 0) is 0 Å². The molecule has 0 bridgehead atoms. The Hall–Kier alpha value is -2.01. The highest BCUT2D eigenvalue weighted by molar-refractivity contribution is 7.12. The molecule has 1 aliphatic heterocycles. The molecule has 0 aliphatic carbocycles. The van der Waals surface area contributed by atoms with Crippen molar-refractivity contribution in [2.24, 2.45) is 0 Å². The number of carbonyl (C=O) groups excluding carboxylic acids is 1. The predicted octanol–water partition coefficient (Wildman–Crippen LogP) is 4.61. The lowest BCUT2D eigenvalue weighted by Gasteiger charge is -2.36. The number of hydrogen-bond donors (Lipinski definition) is 1. The predicted molar refractivity (Wildman–Crippen MR) is 101 cm³/mol. The van der Waals surface area contributed by atoms with Crippen LogP contribution in [-0.4, -0.2) is 25.1 Å². The van der Waals surface area contributed by atoms with Crippen LogP contribution in [0.15, 0.2) is 23.6 Å². The third-order valence-electron chi connectivity index (χ3n) is 4.53. The first kappa shape index (κ1) is 16.8. The lowest BCUT2D eigenvalue weighted by Crippen LogP contribution is -2.44. The van der Waals surface area contributed by atoms with Crippen molar-refractivity contribution in [3.8, 4) is 5.75 Å². The van der Waals surface area contributed by atoms with Crippen molar-refractivity contribution in [1.29, 1.82) is 0 Å². The van der Waals surface area contributed by atoms with Crippen LogP contribution in [0.25, 0.3) is 0 Å². The molecule has 1 aromatic carbocycles. The highest BCUT2D eigenvalue weighted by atomic mass is 32.1. The molecule has 1 unspecified atom stereocenters. The summed E-state index contributed by atoms with van der Waals surface area (Å²) in [5, 5.41) is 5.48. The number of nitrogens with one attached hydrogen (secondary N) is 1. The first-order valence-electron chi connectivity index (χ1n) is 8.45. The highest BCUT2D eigenvalue weighted by Crippen LogP contribution is 2.37. The van der Waals surface area contributed by atoms with E-state index in [2.05, 4.69) is 38.2 Å². The molecule has 128 valence electrons. The molecule has 2 aromatic rings. The Morgan fingerprint density at radius 3 is 2.79 bits per heavy atom. The molecule has 5 heteroatoms. The normalized spacial score (nSPS) is 16.5. The Balaban J connectivity index is 2.02. The number of thiophene rings is 1. The molecular formula is C19H24N2O2S. The maximum Gasteiger partial charge on any atom is 0.272 e. The number of anilines is 2. The van der Waals surface area contributed by atoms with E-state index < -0.39 is 0 Å². The third kappa shape index (κ3) is 3.00. The van der Waals surface area contributed by atoms with Crippen molar-refractivity contribution in [3.05, 3.63) is 39.6 Å². The zero-order valence-electron chi connectivity index (χ0n) is 14.7. The van der Waals surface area contributed by atoms with E-state index in [1.165, 1.54) is 22.5 Å². The second-order valence-corrected chi connectivity index (χ2v) is 7.08. The van der Waals surface area contributed by atoms with Crippen LogP contribution in [0, 0.1) is 13.8 Å². The molecule has 1 aromatic heterocycles. The van der Waals surface area contributed by atoms with E-state index in [4.69, 9.17) is 4.74 Å². The fourth-order valence-corrected chi connectivity index (χ4v) is 3.77. The lowest BCUT2D eigenvalue weighted by atomic mass is 10.0. The van der Waals surface area contributed by atoms with Crippen LogP contribution in [0.4, 0.5) is 11.4 Å². The van der Waals surface area contributed by atoms with Crippen LogP contribution >= 0.6 is 11.3 Å². The van der Waals surface area contributed by atoms with E-state index in [1.54, 1.807) is 0 Å². The van der Waals surface area contributed by atoms with Crippen molar-refractivity contribution in [1.82, 2.24) is 0 Å². The molecule has 0 saturated carbocycles. The molecule has 1 amide bonds. The van der Waals surface area contributed by atoms with Gasteiger partial charge in [0.25, 0.3) is 5.91 Å². The van der Waals surface area contributed by atoms with Gasteiger partial charge in [-0.05, 0) is 61.9 Å². The van der Waals surface area contributed by atoms with E-state index in [9.17, 15) is 4.79 Å². The summed E-state index contributed by atoms with van der Waals surface area (Å²) in [7, 11) is 0. The standard InChI is InChI=1S/C19H24N2O2S/c1-5-14-11-21(16-10-13(4)12(3)9-15(16)20-14)19(22)18-17(23-6-2)7-8-24-18/h7-10,14,20H,5-6,11H2,1-4H3. The number of benzene rings is 1. The molecule has 24 heavy (non-hydrogen) atoms. The topological polar surface area (TPSA) is 41.6 Å². The van der Waals surface area contributed by atoms with Gasteiger partial charge in [-0.15, -0.1) is 11.3 Å². The maximum atomic E-state index is 13.2. The first-order chi connectivity index (χ1) is 11.5. The Morgan fingerprint density at radius 2 is 2.08 bits per heavy atom. The number of rotatable bonds is 4. The Morgan fingerprint density at radius 1 is 1.33 bits per heavy atom. The van der Waals surface area contributed by atoms with Crippen LogP contribution in [0.5, 0.6) is 5.75 Å². The molecule has 0 saturated heterocycles. The largest absolute Gasteiger partial charge is 0.492 e. The minimum absolute atomic E-state index is 0.0258. The number of nitrogens with zero attached hydrogens (tertiary/aromatic N) is 1. The zero-order valence-corrected chi connectivity index (χ0v) is 15.5. The van der Waals surface area contributed by atoms with Crippen LogP contribution in [0.1, 0.15) is 41.1 Å². The quantitative estimate of drug-likeness (QED) is 0.880. The summed E-state index contributed by atoms with van der Waals surface area (Å²) in [6.45, 7) is 9.50. The summed E-state index contributed by atoms with van der Waals surface area (Å²) in [6.07, 6.45) is 0.971. The summed E-state index contributed by atoms with van der Waals surface area (Å²) >= 11 is 1.45. The molecule has 0 fully saturated rings.